The number of fused-ring (bicyclic) bond motifs is 1. The number of hydrogen-bond donors (Lipinski definition) is 2. The van der Waals surface area contributed by atoms with Crippen molar-refractivity contribution in [3.63, 3.8) is 0 Å². The molecule has 0 aliphatic carbocycles. The lowest BCUT2D eigenvalue weighted by Gasteiger charge is -2.18. The normalized spacial score (nSPS) is 10.8. The van der Waals surface area contributed by atoms with Gasteiger partial charge in [0.1, 0.15) is 12.4 Å². The summed E-state index contributed by atoms with van der Waals surface area (Å²) in [6.45, 7) is 0.174. The fraction of sp³-hybridized carbons (Fsp3) is 0.100. The van der Waals surface area contributed by atoms with Crippen molar-refractivity contribution in [2.45, 2.75) is 6.61 Å². The first-order valence-corrected chi connectivity index (χ1v) is 9.12. The first-order valence-electron chi connectivity index (χ1n) is 8.74. The van der Waals surface area contributed by atoms with E-state index >= 15 is 0 Å². The monoisotopic (exact) mass is 408 g/mol. The summed E-state index contributed by atoms with van der Waals surface area (Å²) < 4.78 is 5.82. The quantitative estimate of drug-likeness (QED) is 0.523. The van der Waals surface area contributed by atoms with Gasteiger partial charge in [-0.3, -0.25) is 4.79 Å². The van der Waals surface area contributed by atoms with E-state index in [0.29, 0.717) is 27.5 Å². The number of anilines is 2. The van der Waals surface area contributed by atoms with Crippen molar-refractivity contribution in [2.75, 3.05) is 17.7 Å². The highest BCUT2D eigenvalue weighted by molar-refractivity contribution is 6.31. The van der Waals surface area contributed by atoms with Crippen LogP contribution in [0.15, 0.2) is 54.6 Å². The zero-order valence-corrected chi connectivity index (χ0v) is 16.2. The molecule has 0 spiro atoms. The molecule has 0 bridgehead atoms. The van der Waals surface area contributed by atoms with Gasteiger partial charge in [-0.1, -0.05) is 41.1 Å². The molecule has 0 unspecified atom stereocenters. The summed E-state index contributed by atoms with van der Waals surface area (Å²) in [5, 5.41) is 10.7. The van der Waals surface area contributed by atoms with Crippen LogP contribution in [0.25, 0.3) is 11.2 Å². The van der Waals surface area contributed by atoms with E-state index in [1.54, 1.807) is 36.2 Å². The van der Waals surface area contributed by atoms with E-state index in [2.05, 4.69) is 20.4 Å². The van der Waals surface area contributed by atoms with Gasteiger partial charge in [0.25, 0.3) is 5.91 Å². The van der Waals surface area contributed by atoms with E-state index < -0.39 is 0 Å². The van der Waals surface area contributed by atoms with Crippen molar-refractivity contribution < 1.29 is 9.53 Å². The van der Waals surface area contributed by atoms with Crippen molar-refractivity contribution >= 4 is 40.2 Å². The molecular weight excluding hydrogens is 392 g/mol. The standard InChI is InChI=1S/C20H17ClN6O2/c1-27(14-5-3-2-4-6-14)20(28)12-7-8-13(15(21)9-12)11-29-16-10-17(22)23-19-18(16)24-26-25-19/h2-10H,11H2,1H3,(H3,22,23,24,25,26). The van der Waals surface area contributed by atoms with Crippen LogP contribution in [-0.2, 0) is 6.61 Å². The SMILES string of the molecule is CN(C(=O)c1ccc(COc2cc(N)nc3[nH]nnc23)c(Cl)c1)c1ccccc1. The fourth-order valence-corrected chi connectivity index (χ4v) is 3.09. The van der Waals surface area contributed by atoms with Gasteiger partial charge in [0, 0.05) is 35.0 Å². The topological polar surface area (TPSA) is 110 Å². The highest BCUT2D eigenvalue weighted by atomic mass is 35.5. The summed E-state index contributed by atoms with van der Waals surface area (Å²) in [5.74, 6) is 0.576. The van der Waals surface area contributed by atoms with Crippen molar-refractivity contribution in [3.05, 3.63) is 70.7 Å². The molecule has 4 aromatic rings. The number of halogens is 1. The number of ether oxygens (including phenoxy) is 1. The molecule has 0 aliphatic heterocycles. The predicted molar refractivity (Wildman–Crippen MR) is 111 cm³/mol. The number of carbonyl (C=O) groups is 1. The van der Waals surface area contributed by atoms with Crippen molar-refractivity contribution in [3.8, 4) is 5.75 Å². The van der Waals surface area contributed by atoms with Crippen LogP contribution in [0.1, 0.15) is 15.9 Å². The number of para-hydroxylation sites is 1. The predicted octanol–water partition coefficient (Wildman–Crippen LogP) is 3.44. The average Bonchev–Trinajstić information content (AvgIpc) is 3.20. The molecule has 2 heterocycles. The van der Waals surface area contributed by atoms with Crippen LogP contribution in [0.5, 0.6) is 5.75 Å². The number of aromatic nitrogens is 4. The second-order valence-electron chi connectivity index (χ2n) is 6.35. The number of rotatable bonds is 5. The van der Waals surface area contributed by atoms with Gasteiger partial charge in [-0.15, -0.1) is 5.10 Å². The third-order valence-electron chi connectivity index (χ3n) is 4.41. The van der Waals surface area contributed by atoms with E-state index in [0.717, 1.165) is 11.3 Å². The Bertz CT molecular complexity index is 1180. The van der Waals surface area contributed by atoms with Crippen LogP contribution < -0.4 is 15.4 Å². The Morgan fingerprint density at radius 2 is 2.00 bits per heavy atom. The minimum atomic E-state index is -0.156. The molecule has 29 heavy (non-hydrogen) atoms. The summed E-state index contributed by atoms with van der Waals surface area (Å²) in [7, 11) is 1.72. The third kappa shape index (κ3) is 3.83. The number of aromatic amines is 1. The Labute approximate surface area is 171 Å². The lowest BCUT2D eigenvalue weighted by atomic mass is 10.1. The van der Waals surface area contributed by atoms with Crippen LogP contribution in [-0.4, -0.2) is 33.3 Å². The zero-order valence-electron chi connectivity index (χ0n) is 15.5. The van der Waals surface area contributed by atoms with Crippen LogP contribution in [0, 0.1) is 0 Å². The molecule has 0 saturated carbocycles. The highest BCUT2D eigenvalue weighted by Crippen LogP contribution is 2.26. The molecule has 146 valence electrons. The summed E-state index contributed by atoms with van der Waals surface area (Å²) >= 11 is 6.40. The Hall–Kier alpha value is -3.65. The van der Waals surface area contributed by atoms with E-state index in [9.17, 15) is 4.79 Å². The van der Waals surface area contributed by atoms with Gasteiger partial charge in [-0.25, -0.2) is 10.1 Å². The number of nitrogens with two attached hydrogens (primary N) is 1. The van der Waals surface area contributed by atoms with E-state index in [1.807, 2.05) is 30.3 Å². The van der Waals surface area contributed by atoms with Gasteiger partial charge in [0.05, 0.1) is 0 Å². The van der Waals surface area contributed by atoms with E-state index in [1.165, 1.54) is 0 Å². The molecular formula is C20H17ClN6O2. The fourth-order valence-electron chi connectivity index (χ4n) is 2.86. The minimum absolute atomic E-state index is 0.156. The van der Waals surface area contributed by atoms with Gasteiger partial charge >= 0.3 is 0 Å². The number of nitrogen functional groups attached to an aromatic ring is 1. The number of nitrogens with one attached hydrogen (secondary N) is 1. The molecule has 3 N–H and O–H groups in total. The number of hydrogen-bond acceptors (Lipinski definition) is 6. The Morgan fingerprint density at radius 3 is 2.76 bits per heavy atom. The van der Waals surface area contributed by atoms with E-state index in [4.69, 9.17) is 22.1 Å². The molecule has 2 aromatic carbocycles. The molecule has 8 nitrogen and oxygen atoms in total. The molecule has 0 fully saturated rings. The minimum Gasteiger partial charge on any atom is -0.486 e. The number of carbonyl (C=O) groups excluding carboxylic acids is 1. The Morgan fingerprint density at radius 1 is 1.21 bits per heavy atom. The van der Waals surface area contributed by atoms with Gasteiger partial charge in [0.15, 0.2) is 16.9 Å². The molecule has 1 amide bonds. The van der Waals surface area contributed by atoms with Gasteiger partial charge in [0.2, 0.25) is 0 Å². The van der Waals surface area contributed by atoms with Crippen LogP contribution in [0.2, 0.25) is 5.02 Å². The lowest BCUT2D eigenvalue weighted by molar-refractivity contribution is 0.0993. The maximum absolute atomic E-state index is 12.7. The van der Waals surface area contributed by atoms with Crippen LogP contribution >= 0.6 is 11.6 Å². The zero-order chi connectivity index (χ0) is 20.4. The largest absolute Gasteiger partial charge is 0.486 e. The molecule has 0 radical (unpaired) electrons. The number of H-pyrrole nitrogens is 1. The number of nitrogens with zero attached hydrogens (tertiary/aromatic N) is 4. The molecule has 0 aliphatic rings. The van der Waals surface area contributed by atoms with E-state index in [-0.39, 0.29) is 18.3 Å². The smallest absolute Gasteiger partial charge is 0.258 e. The van der Waals surface area contributed by atoms with Gasteiger partial charge in [-0.2, -0.15) is 0 Å². The maximum Gasteiger partial charge on any atom is 0.258 e. The molecule has 4 rings (SSSR count). The number of amides is 1. The van der Waals surface area contributed by atoms with Crippen molar-refractivity contribution in [2.24, 2.45) is 0 Å². The Kier molecular flexibility index (Phi) is 5.01. The van der Waals surface area contributed by atoms with Crippen LogP contribution in [0.3, 0.4) is 0 Å². The highest BCUT2D eigenvalue weighted by Gasteiger charge is 2.16. The first-order chi connectivity index (χ1) is 14.0. The van der Waals surface area contributed by atoms with Gasteiger partial charge < -0.3 is 15.4 Å². The van der Waals surface area contributed by atoms with Crippen LogP contribution in [0.4, 0.5) is 11.5 Å². The maximum atomic E-state index is 12.7. The number of benzene rings is 2. The second-order valence-corrected chi connectivity index (χ2v) is 6.76. The molecule has 2 aromatic heterocycles. The molecule has 9 heteroatoms. The third-order valence-corrected chi connectivity index (χ3v) is 4.77. The van der Waals surface area contributed by atoms with Crippen molar-refractivity contribution in [1.29, 1.82) is 0 Å². The van der Waals surface area contributed by atoms with Crippen molar-refractivity contribution in [1.82, 2.24) is 20.4 Å². The molecule has 0 saturated heterocycles. The summed E-state index contributed by atoms with van der Waals surface area (Å²) in [6.07, 6.45) is 0. The second kappa shape index (κ2) is 7.76. The summed E-state index contributed by atoms with van der Waals surface area (Å²) in [4.78, 5) is 18.4. The average molecular weight is 409 g/mol. The number of pyridine rings is 1. The summed E-state index contributed by atoms with van der Waals surface area (Å²) in [6, 6.07) is 16.1. The summed E-state index contributed by atoms with van der Waals surface area (Å²) in [5.41, 5.74) is 8.70. The molecule has 0 atom stereocenters. The lowest BCUT2D eigenvalue weighted by Crippen LogP contribution is -2.26. The first kappa shape index (κ1) is 18.7. The Balaban J connectivity index is 1.51. The van der Waals surface area contributed by atoms with Gasteiger partial charge in [-0.05, 0) is 24.3 Å².